The quantitative estimate of drug-likeness (QED) is 0.863. The van der Waals surface area contributed by atoms with Crippen LogP contribution in [0.4, 0.5) is 0 Å². The molecule has 0 aliphatic heterocycles. The molecule has 2 aromatic rings. The van der Waals surface area contributed by atoms with Crippen LogP contribution in [0.25, 0.3) is 0 Å². The number of rotatable bonds is 6. The zero-order valence-electron chi connectivity index (χ0n) is 11.5. The lowest BCUT2D eigenvalue weighted by Crippen LogP contribution is -2.27. The molecule has 3 heteroatoms. The minimum atomic E-state index is 0.412. The number of nitrogens with one attached hydrogen (secondary N) is 1. The molecule has 0 aliphatic carbocycles. The fourth-order valence-electron chi connectivity index (χ4n) is 1.97. The summed E-state index contributed by atoms with van der Waals surface area (Å²) in [5.74, 6) is 0.661. The van der Waals surface area contributed by atoms with Gasteiger partial charge in [0.05, 0.1) is 7.11 Å². The molecule has 1 atom stereocenters. The second-order valence-corrected chi connectivity index (χ2v) is 4.68. The Labute approximate surface area is 114 Å². The van der Waals surface area contributed by atoms with Crippen molar-refractivity contribution in [2.24, 2.45) is 0 Å². The van der Waals surface area contributed by atoms with E-state index in [9.17, 15) is 0 Å². The fourth-order valence-corrected chi connectivity index (χ4v) is 1.97. The molecule has 1 heterocycles. The van der Waals surface area contributed by atoms with Gasteiger partial charge in [-0.2, -0.15) is 0 Å². The van der Waals surface area contributed by atoms with Gasteiger partial charge in [0, 0.05) is 24.8 Å². The van der Waals surface area contributed by atoms with Crippen molar-refractivity contribution in [1.82, 2.24) is 10.3 Å². The van der Waals surface area contributed by atoms with Crippen LogP contribution in [0.5, 0.6) is 5.88 Å². The van der Waals surface area contributed by atoms with Crippen LogP contribution in [-0.4, -0.2) is 18.1 Å². The largest absolute Gasteiger partial charge is 0.481 e. The van der Waals surface area contributed by atoms with E-state index in [1.54, 1.807) is 7.11 Å². The highest BCUT2D eigenvalue weighted by Gasteiger charge is 2.04. The van der Waals surface area contributed by atoms with Crippen molar-refractivity contribution >= 4 is 0 Å². The first kappa shape index (κ1) is 13.6. The van der Waals surface area contributed by atoms with Crippen molar-refractivity contribution in [3.63, 3.8) is 0 Å². The van der Waals surface area contributed by atoms with Gasteiger partial charge >= 0.3 is 0 Å². The maximum absolute atomic E-state index is 5.05. The Morgan fingerprint density at radius 3 is 2.53 bits per heavy atom. The van der Waals surface area contributed by atoms with Crippen LogP contribution >= 0.6 is 0 Å². The Hall–Kier alpha value is -1.87. The third-order valence-corrected chi connectivity index (χ3v) is 3.05. The average molecular weight is 256 g/mol. The van der Waals surface area contributed by atoms with Gasteiger partial charge in [-0.3, -0.25) is 0 Å². The number of nitrogens with zero attached hydrogens (tertiary/aromatic N) is 1. The molecule has 1 unspecified atom stereocenters. The standard InChI is InChI=1S/C16H20N2O/c1-13(17-11-14-6-4-3-5-7-14)10-15-8-9-16(19-2)18-12-15/h3-9,12-13,17H,10-11H2,1-2H3. The van der Waals surface area contributed by atoms with Gasteiger partial charge in [-0.15, -0.1) is 0 Å². The molecule has 19 heavy (non-hydrogen) atoms. The Morgan fingerprint density at radius 2 is 1.89 bits per heavy atom. The minimum Gasteiger partial charge on any atom is -0.481 e. The van der Waals surface area contributed by atoms with Gasteiger partial charge in [0.1, 0.15) is 0 Å². The van der Waals surface area contributed by atoms with Crippen molar-refractivity contribution in [2.75, 3.05) is 7.11 Å². The normalized spacial score (nSPS) is 12.1. The highest BCUT2D eigenvalue weighted by atomic mass is 16.5. The van der Waals surface area contributed by atoms with E-state index in [4.69, 9.17) is 4.74 Å². The number of ether oxygens (including phenoxy) is 1. The molecule has 0 saturated heterocycles. The predicted octanol–water partition coefficient (Wildman–Crippen LogP) is 2.81. The van der Waals surface area contributed by atoms with E-state index in [1.807, 2.05) is 18.3 Å². The first-order valence-electron chi connectivity index (χ1n) is 6.54. The first-order chi connectivity index (χ1) is 9.28. The SMILES string of the molecule is COc1ccc(CC(C)NCc2ccccc2)cn1. The summed E-state index contributed by atoms with van der Waals surface area (Å²) < 4.78 is 5.05. The summed E-state index contributed by atoms with van der Waals surface area (Å²) in [5.41, 5.74) is 2.52. The lowest BCUT2D eigenvalue weighted by Gasteiger charge is -2.14. The summed E-state index contributed by atoms with van der Waals surface area (Å²) in [6.45, 7) is 3.08. The van der Waals surface area contributed by atoms with Crippen molar-refractivity contribution in [1.29, 1.82) is 0 Å². The molecule has 0 aliphatic rings. The number of aromatic nitrogens is 1. The third kappa shape index (κ3) is 4.38. The molecule has 0 bridgehead atoms. The molecule has 0 saturated carbocycles. The van der Waals surface area contributed by atoms with Crippen LogP contribution in [0.2, 0.25) is 0 Å². The smallest absolute Gasteiger partial charge is 0.212 e. The van der Waals surface area contributed by atoms with E-state index in [-0.39, 0.29) is 0 Å². The second-order valence-electron chi connectivity index (χ2n) is 4.68. The van der Waals surface area contributed by atoms with Gasteiger partial charge in [-0.1, -0.05) is 36.4 Å². The molecule has 100 valence electrons. The predicted molar refractivity (Wildman–Crippen MR) is 77.2 cm³/mol. The summed E-state index contributed by atoms with van der Waals surface area (Å²) in [5, 5.41) is 3.52. The topological polar surface area (TPSA) is 34.1 Å². The van der Waals surface area contributed by atoms with Crippen molar-refractivity contribution in [3.05, 3.63) is 59.8 Å². The number of methoxy groups -OCH3 is 1. The van der Waals surface area contributed by atoms with Crippen LogP contribution in [-0.2, 0) is 13.0 Å². The molecule has 2 rings (SSSR count). The molecule has 1 aromatic heterocycles. The van der Waals surface area contributed by atoms with E-state index in [1.165, 1.54) is 11.1 Å². The van der Waals surface area contributed by atoms with E-state index >= 15 is 0 Å². The van der Waals surface area contributed by atoms with Crippen molar-refractivity contribution in [2.45, 2.75) is 25.9 Å². The maximum Gasteiger partial charge on any atom is 0.212 e. The van der Waals surface area contributed by atoms with Crippen molar-refractivity contribution < 1.29 is 4.74 Å². The molecular weight excluding hydrogens is 236 g/mol. The summed E-state index contributed by atoms with van der Waals surface area (Å²) in [6, 6.07) is 14.8. The molecule has 0 fully saturated rings. The van der Waals surface area contributed by atoms with Crippen LogP contribution in [0, 0.1) is 0 Å². The lowest BCUT2D eigenvalue weighted by atomic mass is 10.1. The summed E-state index contributed by atoms with van der Waals surface area (Å²) >= 11 is 0. The van der Waals surface area contributed by atoms with Crippen LogP contribution in [0.1, 0.15) is 18.1 Å². The summed E-state index contributed by atoms with van der Waals surface area (Å²) in [6.07, 6.45) is 2.84. The summed E-state index contributed by atoms with van der Waals surface area (Å²) in [4.78, 5) is 4.22. The molecule has 1 aromatic carbocycles. The molecular formula is C16H20N2O. The number of benzene rings is 1. The van der Waals surface area contributed by atoms with Crippen LogP contribution < -0.4 is 10.1 Å². The molecule has 1 N–H and O–H groups in total. The second kappa shape index (κ2) is 6.90. The highest BCUT2D eigenvalue weighted by Crippen LogP contribution is 2.09. The number of hydrogen-bond acceptors (Lipinski definition) is 3. The Balaban J connectivity index is 1.82. The molecule has 0 amide bonds. The zero-order chi connectivity index (χ0) is 13.5. The lowest BCUT2D eigenvalue weighted by molar-refractivity contribution is 0.397. The van der Waals surface area contributed by atoms with Gasteiger partial charge in [0.15, 0.2) is 0 Å². The fraction of sp³-hybridized carbons (Fsp3) is 0.312. The van der Waals surface area contributed by atoms with E-state index in [0.717, 1.165) is 13.0 Å². The van der Waals surface area contributed by atoms with Crippen LogP contribution in [0.3, 0.4) is 0 Å². The number of hydrogen-bond donors (Lipinski definition) is 1. The first-order valence-corrected chi connectivity index (χ1v) is 6.54. The number of pyridine rings is 1. The minimum absolute atomic E-state index is 0.412. The van der Waals surface area contributed by atoms with Crippen LogP contribution in [0.15, 0.2) is 48.7 Å². The molecule has 0 spiro atoms. The van der Waals surface area contributed by atoms with Gasteiger partial charge < -0.3 is 10.1 Å². The average Bonchev–Trinajstić information content (AvgIpc) is 2.47. The molecule has 0 radical (unpaired) electrons. The zero-order valence-corrected chi connectivity index (χ0v) is 11.5. The van der Waals surface area contributed by atoms with E-state index in [2.05, 4.69) is 47.6 Å². The van der Waals surface area contributed by atoms with E-state index in [0.29, 0.717) is 11.9 Å². The van der Waals surface area contributed by atoms with Gasteiger partial charge in [0.2, 0.25) is 5.88 Å². The van der Waals surface area contributed by atoms with Gasteiger partial charge in [0.25, 0.3) is 0 Å². The Bertz CT molecular complexity index is 482. The third-order valence-electron chi connectivity index (χ3n) is 3.05. The monoisotopic (exact) mass is 256 g/mol. The maximum atomic E-state index is 5.05. The summed E-state index contributed by atoms with van der Waals surface area (Å²) in [7, 11) is 1.63. The van der Waals surface area contributed by atoms with E-state index < -0.39 is 0 Å². The molecule has 3 nitrogen and oxygen atoms in total. The highest BCUT2D eigenvalue weighted by molar-refractivity contribution is 5.19. The van der Waals surface area contributed by atoms with Gasteiger partial charge in [-0.05, 0) is 24.5 Å². The van der Waals surface area contributed by atoms with Crippen molar-refractivity contribution in [3.8, 4) is 5.88 Å². The van der Waals surface area contributed by atoms with Gasteiger partial charge in [-0.25, -0.2) is 4.98 Å². The Kier molecular flexibility index (Phi) is 4.93. The Morgan fingerprint density at radius 1 is 1.11 bits per heavy atom.